The molecular weight excluding hydrogens is 582 g/mol. The summed E-state index contributed by atoms with van der Waals surface area (Å²) in [6, 6.07) is 16.7. The number of hydrogen-bond donors (Lipinski definition) is 4. The van der Waals surface area contributed by atoms with E-state index >= 15 is 0 Å². The molecule has 2 aromatic heterocycles. The summed E-state index contributed by atoms with van der Waals surface area (Å²) < 4.78 is 74.3. The second kappa shape index (κ2) is 11.9. The zero-order valence-electron chi connectivity index (χ0n) is 22.5. The van der Waals surface area contributed by atoms with Crippen LogP contribution in [0.1, 0.15) is 24.0 Å². The Bertz CT molecular complexity index is 1610. The number of aliphatic carboxylic acids is 1. The summed E-state index contributed by atoms with van der Waals surface area (Å²) in [6.07, 6.45) is -8.91. The number of nitrogens with one attached hydrogen (secondary N) is 1. The van der Waals surface area contributed by atoms with Crippen molar-refractivity contribution in [3.63, 3.8) is 0 Å². The molecule has 228 valence electrons. The van der Waals surface area contributed by atoms with E-state index in [1.165, 1.54) is 6.07 Å². The van der Waals surface area contributed by atoms with Crippen molar-refractivity contribution in [2.45, 2.75) is 30.8 Å². The van der Waals surface area contributed by atoms with Crippen LogP contribution < -0.4 is 16.0 Å². The van der Waals surface area contributed by atoms with E-state index in [2.05, 4.69) is 20.3 Å². The molecule has 1 aliphatic rings. The lowest BCUT2D eigenvalue weighted by Gasteiger charge is -2.40. The van der Waals surface area contributed by atoms with Crippen LogP contribution in [0, 0.1) is 0 Å². The fourth-order valence-corrected chi connectivity index (χ4v) is 4.82. The lowest BCUT2D eigenvalue weighted by molar-refractivity contribution is -0.192. The molecule has 0 spiro atoms. The Labute approximate surface area is 241 Å². The second-order valence-corrected chi connectivity index (χ2v) is 9.63. The number of hydrogen-bond acceptors (Lipinski definition) is 8. The molecule has 0 amide bonds. The molecule has 0 saturated carbocycles. The molecule has 2 aromatic carbocycles. The van der Waals surface area contributed by atoms with Crippen LogP contribution in [-0.2, 0) is 16.6 Å². The Hall–Kier alpha value is -4.66. The summed E-state index contributed by atoms with van der Waals surface area (Å²) in [5, 5.41) is 21.8. The van der Waals surface area contributed by atoms with Crippen LogP contribution in [-0.4, -0.2) is 57.4 Å². The van der Waals surface area contributed by atoms with Gasteiger partial charge in [0.1, 0.15) is 5.82 Å². The number of nitrogens with two attached hydrogens (primary N) is 1. The number of aromatic nitrogens is 3. The number of pyridine rings is 1. The number of anilines is 3. The number of rotatable bonds is 4. The second-order valence-electron chi connectivity index (χ2n) is 9.63. The van der Waals surface area contributed by atoms with Gasteiger partial charge in [0, 0.05) is 31.4 Å². The van der Waals surface area contributed by atoms with Crippen molar-refractivity contribution >= 4 is 34.5 Å². The van der Waals surface area contributed by atoms with Gasteiger partial charge in [0.15, 0.2) is 5.65 Å². The van der Waals surface area contributed by atoms with Gasteiger partial charge >= 0.3 is 18.3 Å². The number of halogens is 6. The number of nitrogen functional groups attached to an aromatic ring is 1. The molecule has 15 heteroatoms. The molecule has 1 fully saturated rings. The molecule has 1 saturated heterocycles. The monoisotopic (exact) mass is 608 g/mol. The molecular formula is C28H26F6N6O3. The Morgan fingerprint density at radius 1 is 0.930 bits per heavy atom. The number of nitrogens with zero attached hydrogens (tertiary/aromatic N) is 4. The Balaban J connectivity index is 0.000000541. The van der Waals surface area contributed by atoms with Gasteiger partial charge in [0.2, 0.25) is 5.95 Å². The SMILES string of the molecule is CNc1nc(N)nc2nc(-c3c(N4CCC(O)(c5ccccc5)CC4)cccc3C(F)(F)F)ccc12.O=C(O)C(F)(F)F. The van der Waals surface area contributed by atoms with E-state index in [0.717, 1.165) is 11.6 Å². The van der Waals surface area contributed by atoms with Crippen LogP contribution in [0.2, 0.25) is 0 Å². The lowest BCUT2D eigenvalue weighted by Crippen LogP contribution is -2.43. The largest absolute Gasteiger partial charge is 0.490 e. The van der Waals surface area contributed by atoms with Crippen molar-refractivity contribution in [3.8, 4) is 11.3 Å². The minimum absolute atomic E-state index is 0.0276. The van der Waals surface area contributed by atoms with Crippen LogP contribution in [0.4, 0.5) is 43.8 Å². The number of piperidine rings is 1. The maximum absolute atomic E-state index is 14.2. The molecule has 3 heterocycles. The van der Waals surface area contributed by atoms with Crippen LogP contribution in [0.15, 0.2) is 60.7 Å². The number of aliphatic hydroxyl groups is 1. The van der Waals surface area contributed by atoms with Gasteiger partial charge in [-0.05, 0) is 42.7 Å². The fourth-order valence-electron chi connectivity index (χ4n) is 4.82. The number of carbonyl (C=O) groups is 1. The first-order valence-corrected chi connectivity index (χ1v) is 12.8. The third-order valence-electron chi connectivity index (χ3n) is 6.90. The minimum Gasteiger partial charge on any atom is -0.475 e. The average Bonchev–Trinajstić information content (AvgIpc) is 2.96. The molecule has 0 aliphatic carbocycles. The van der Waals surface area contributed by atoms with E-state index in [1.807, 2.05) is 35.2 Å². The molecule has 4 aromatic rings. The van der Waals surface area contributed by atoms with Crippen LogP contribution in [0.5, 0.6) is 0 Å². The predicted octanol–water partition coefficient (Wildman–Crippen LogP) is 5.46. The van der Waals surface area contributed by atoms with E-state index in [4.69, 9.17) is 15.6 Å². The van der Waals surface area contributed by atoms with Gasteiger partial charge in [0.05, 0.1) is 22.2 Å². The van der Waals surface area contributed by atoms with Crippen molar-refractivity contribution in [2.75, 3.05) is 36.1 Å². The summed E-state index contributed by atoms with van der Waals surface area (Å²) in [5.41, 5.74) is 5.50. The molecule has 5 N–H and O–H groups in total. The molecule has 0 atom stereocenters. The van der Waals surface area contributed by atoms with E-state index in [9.17, 15) is 31.4 Å². The van der Waals surface area contributed by atoms with Crippen LogP contribution in [0.3, 0.4) is 0 Å². The summed E-state index contributed by atoms with van der Waals surface area (Å²) in [4.78, 5) is 23.5. The topological polar surface area (TPSA) is 137 Å². The average molecular weight is 609 g/mol. The van der Waals surface area contributed by atoms with Crippen LogP contribution in [0.25, 0.3) is 22.3 Å². The normalized spacial score (nSPS) is 15.0. The van der Waals surface area contributed by atoms with E-state index in [0.29, 0.717) is 42.8 Å². The standard InChI is InChI=1S/C26H25F3N6O.C2HF3O2/c1-31-22-17-10-11-19(32-23(17)34-24(30)33-22)21-18(26(27,28)29)8-5-9-20(21)35-14-12-25(36,13-15-35)16-6-3-2-4-7-16;3-2(4,5)1(6)7/h2-11,36H,12-15H2,1H3,(H3,30,31,32,33,34);(H,6,7). The first-order valence-electron chi connectivity index (χ1n) is 12.8. The van der Waals surface area contributed by atoms with Crippen LogP contribution >= 0.6 is 0 Å². The summed E-state index contributed by atoms with van der Waals surface area (Å²) in [7, 11) is 1.67. The van der Waals surface area contributed by atoms with Crippen molar-refractivity contribution in [2.24, 2.45) is 0 Å². The van der Waals surface area contributed by atoms with E-state index in [1.54, 1.807) is 25.2 Å². The molecule has 5 rings (SSSR count). The number of carboxylic acid groups (broad SMARTS) is 1. The quantitative estimate of drug-likeness (QED) is 0.223. The van der Waals surface area contributed by atoms with E-state index < -0.39 is 29.5 Å². The molecule has 9 nitrogen and oxygen atoms in total. The van der Waals surface area contributed by atoms with Crippen molar-refractivity contribution in [1.29, 1.82) is 0 Å². The zero-order valence-corrected chi connectivity index (χ0v) is 22.5. The highest BCUT2D eigenvalue weighted by atomic mass is 19.4. The number of carboxylic acids is 1. The first kappa shape index (κ1) is 31.3. The maximum atomic E-state index is 14.2. The van der Waals surface area contributed by atoms with E-state index in [-0.39, 0.29) is 22.9 Å². The lowest BCUT2D eigenvalue weighted by atomic mass is 9.84. The van der Waals surface area contributed by atoms with Gasteiger partial charge in [-0.2, -0.15) is 36.3 Å². The van der Waals surface area contributed by atoms with Gasteiger partial charge in [-0.15, -0.1) is 0 Å². The third kappa shape index (κ3) is 6.88. The smallest absolute Gasteiger partial charge is 0.475 e. The van der Waals surface area contributed by atoms with Gasteiger partial charge in [-0.1, -0.05) is 36.4 Å². The minimum atomic E-state index is -5.08. The highest BCUT2D eigenvalue weighted by Crippen LogP contribution is 2.44. The van der Waals surface area contributed by atoms with Gasteiger partial charge in [0.25, 0.3) is 0 Å². The highest BCUT2D eigenvalue weighted by Gasteiger charge is 2.39. The van der Waals surface area contributed by atoms with Crippen molar-refractivity contribution < 1.29 is 41.4 Å². The van der Waals surface area contributed by atoms with Crippen molar-refractivity contribution in [1.82, 2.24) is 15.0 Å². The summed E-state index contributed by atoms with van der Waals surface area (Å²) in [5.74, 6) is -2.35. The maximum Gasteiger partial charge on any atom is 0.490 e. The summed E-state index contributed by atoms with van der Waals surface area (Å²) >= 11 is 0. The molecule has 0 radical (unpaired) electrons. The molecule has 0 bridgehead atoms. The van der Waals surface area contributed by atoms with Gasteiger partial charge in [-0.25, -0.2) is 9.78 Å². The van der Waals surface area contributed by atoms with Gasteiger partial charge < -0.3 is 26.2 Å². The number of fused-ring (bicyclic) bond motifs is 1. The Kier molecular flexibility index (Phi) is 8.67. The first-order chi connectivity index (χ1) is 20.1. The Morgan fingerprint density at radius 2 is 1.56 bits per heavy atom. The summed E-state index contributed by atoms with van der Waals surface area (Å²) in [6.45, 7) is 0.763. The highest BCUT2D eigenvalue weighted by molar-refractivity contribution is 5.91. The molecule has 0 unspecified atom stereocenters. The fraction of sp³-hybridized carbons (Fsp3) is 0.286. The molecule has 43 heavy (non-hydrogen) atoms. The Morgan fingerprint density at radius 3 is 2.12 bits per heavy atom. The number of benzene rings is 2. The number of alkyl halides is 6. The third-order valence-corrected chi connectivity index (χ3v) is 6.90. The van der Waals surface area contributed by atoms with Crippen molar-refractivity contribution in [3.05, 3.63) is 71.8 Å². The predicted molar refractivity (Wildman–Crippen MR) is 147 cm³/mol. The zero-order chi connectivity index (χ0) is 31.6. The van der Waals surface area contributed by atoms with Gasteiger partial charge in [-0.3, -0.25) is 0 Å². The molecule has 1 aliphatic heterocycles.